The van der Waals surface area contributed by atoms with E-state index in [9.17, 15) is 14.0 Å². The smallest absolute Gasteiger partial charge is 0.309 e. The van der Waals surface area contributed by atoms with Crippen LogP contribution in [0.25, 0.3) is 0 Å². The normalized spacial score (nSPS) is 16.3. The van der Waals surface area contributed by atoms with Crippen molar-refractivity contribution in [2.75, 3.05) is 52.9 Å². The standard InChI is InChI=1S/C20H29ClFN3O3/c1-4-23(12-15(2)20(27)28-3)14-19(26)25-10-8-24(9-11-25)13-16-17(21)6-5-7-18(16)22/h5-7,15H,4,8-14H2,1-3H3. The van der Waals surface area contributed by atoms with Gasteiger partial charge in [0.05, 0.1) is 19.6 Å². The van der Waals surface area contributed by atoms with E-state index in [0.29, 0.717) is 56.4 Å². The second-order valence-corrected chi connectivity index (χ2v) is 7.52. The van der Waals surface area contributed by atoms with Crippen molar-refractivity contribution in [3.8, 4) is 0 Å². The van der Waals surface area contributed by atoms with Crippen LogP contribution in [0.5, 0.6) is 0 Å². The van der Waals surface area contributed by atoms with Crippen LogP contribution in [0, 0.1) is 11.7 Å². The molecular formula is C20H29ClFN3O3. The first-order chi connectivity index (χ1) is 13.3. The van der Waals surface area contributed by atoms with Crippen LogP contribution in [0.15, 0.2) is 18.2 Å². The van der Waals surface area contributed by atoms with Gasteiger partial charge in [-0.3, -0.25) is 19.4 Å². The summed E-state index contributed by atoms with van der Waals surface area (Å²) in [6.07, 6.45) is 0. The zero-order valence-electron chi connectivity index (χ0n) is 16.8. The average Bonchev–Trinajstić information content (AvgIpc) is 2.69. The van der Waals surface area contributed by atoms with Gasteiger partial charge < -0.3 is 9.64 Å². The number of nitrogens with zero attached hydrogens (tertiary/aromatic N) is 3. The number of rotatable bonds is 8. The SMILES string of the molecule is CCN(CC(=O)N1CCN(Cc2c(F)cccc2Cl)CC1)CC(C)C(=O)OC. The van der Waals surface area contributed by atoms with E-state index < -0.39 is 0 Å². The molecule has 0 N–H and O–H groups in total. The van der Waals surface area contributed by atoms with E-state index in [4.69, 9.17) is 16.3 Å². The van der Waals surface area contributed by atoms with E-state index in [2.05, 4.69) is 4.90 Å². The molecule has 0 radical (unpaired) electrons. The molecule has 1 heterocycles. The Hall–Kier alpha value is -1.70. The first-order valence-electron chi connectivity index (χ1n) is 9.58. The highest BCUT2D eigenvalue weighted by Gasteiger charge is 2.25. The van der Waals surface area contributed by atoms with E-state index in [1.807, 2.05) is 16.7 Å². The maximum absolute atomic E-state index is 14.0. The average molecular weight is 414 g/mol. The summed E-state index contributed by atoms with van der Waals surface area (Å²) in [7, 11) is 1.37. The minimum atomic E-state index is -0.302. The van der Waals surface area contributed by atoms with Gasteiger partial charge in [0.25, 0.3) is 0 Å². The summed E-state index contributed by atoms with van der Waals surface area (Å²) in [6.45, 7) is 8.16. The van der Waals surface area contributed by atoms with E-state index in [1.54, 1.807) is 19.1 Å². The Balaban J connectivity index is 1.83. The number of halogens is 2. The minimum absolute atomic E-state index is 0.0440. The molecule has 2 rings (SSSR count). The maximum Gasteiger partial charge on any atom is 0.309 e. The zero-order valence-corrected chi connectivity index (χ0v) is 17.5. The van der Waals surface area contributed by atoms with Gasteiger partial charge in [-0.15, -0.1) is 0 Å². The third kappa shape index (κ3) is 6.15. The zero-order chi connectivity index (χ0) is 20.7. The van der Waals surface area contributed by atoms with Crippen molar-refractivity contribution in [1.82, 2.24) is 14.7 Å². The molecule has 1 unspecified atom stereocenters. The monoisotopic (exact) mass is 413 g/mol. The molecule has 0 aromatic heterocycles. The number of amides is 1. The molecule has 0 aliphatic carbocycles. The second kappa shape index (κ2) is 10.7. The van der Waals surface area contributed by atoms with Gasteiger partial charge in [-0.25, -0.2) is 4.39 Å². The molecule has 8 heteroatoms. The van der Waals surface area contributed by atoms with Gasteiger partial charge in [0, 0.05) is 49.9 Å². The molecule has 0 bridgehead atoms. The van der Waals surface area contributed by atoms with Crippen LogP contribution < -0.4 is 0 Å². The molecule has 1 atom stereocenters. The fraction of sp³-hybridized carbons (Fsp3) is 0.600. The quantitative estimate of drug-likeness (QED) is 0.612. The fourth-order valence-corrected chi connectivity index (χ4v) is 3.54. The molecule has 1 aromatic rings. The molecule has 1 amide bonds. The highest BCUT2D eigenvalue weighted by molar-refractivity contribution is 6.31. The van der Waals surface area contributed by atoms with Crippen molar-refractivity contribution >= 4 is 23.5 Å². The molecule has 156 valence electrons. The van der Waals surface area contributed by atoms with Crippen LogP contribution in [0.3, 0.4) is 0 Å². The molecule has 1 aromatic carbocycles. The molecule has 28 heavy (non-hydrogen) atoms. The summed E-state index contributed by atoms with van der Waals surface area (Å²) in [6, 6.07) is 4.70. The van der Waals surface area contributed by atoms with Gasteiger partial charge in [0.15, 0.2) is 0 Å². The summed E-state index contributed by atoms with van der Waals surface area (Å²) >= 11 is 6.11. The van der Waals surface area contributed by atoms with Gasteiger partial charge in [0.1, 0.15) is 5.82 Å². The fourth-order valence-electron chi connectivity index (χ4n) is 3.32. The minimum Gasteiger partial charge on any atom is -0.469 e. The molecule has 1 saturated heterocycles. The van der Waals surface area contributed by atoms with Crippen molar-refractivity contribution in [3.05, 3.63) is 34.6 Å². The number of carbonyl (C=O) groups excluding carboxylic acids is 2. The van der Waals surface area contributed by atoms with Crippen LogP contribution in [-0.2, 0) is 20.9 Å². The molecule has 1 fully saturated rings. The van der Waals surface area contributed by atoms with E-state index in [0.717, 1.165) is 0 Å². The largest absolute Gasteiger partial charge is 0.469 e. The van der Waals surface area contributed by atoms with Gasteiger partial charge in [-0.1, -0.05) is 31.5 Å². The topological polar surface area (TPSA) is 53.1 Å². The lowest BCUT2D eigenvalue weighted by atomic mass is 10.1. The van der Waals surface area contributed by atoms with Crippen LogP contribution in [0.4, 0.5) is 4.39 Å². The van der Waals surface area contributed by atoms with Crippen LogP contribution in [-0.4, -0.2) is 79.5 Å². The highest BCUT2D eigenvalue weighted by atomic mass is 35.5. The van der Waals surface area contributed by atoms with Crippen molar-refractivity contribution in [2.24, 2.45) is 5.92 Å². The molecule has 0 saturated carbocycles. The predicted molar refractivity (Wildman–Crippen MR) is 107 cm³/mol. The van der Waals surface area contributed by atoms with Gasteiger partial charge in [0.2, 0.25) is 5.91 Å². The summed E-state index contributed by atoms with van der Waals surface area (Å²) in [5.41, 5.74) is 0.498. The van der Waals surface area contributed by atoms with Crippen LogP contribution in [0.1, 0.15) is 19.4 Å². The van der Waals surface area contributed by atoms with E-state index >= 15 is 0 Å². The highest BCUT2D eigenvalue weighted by Crippen LogP contribution is 2.21. The first-order valence-corrected chi connectivity index (χ1v) is 9.96. The Morgan fingerprint density at radius 1 is 1.29 bits per heavy atom. The molecule has 0 spiro atoms. The van der Waals surface area contributed by atoms with Crippen molar-refractivity contribution in [3.63, 3.8) is 0 Å². The van der Waals surface area contributed by atoms with Crippen molar-refractivity contribution in [1.29, 1.82) is 0 Å². The van der Waals surface area contributed by atoms with Crippen molar-refractivity contribution in [2.45, 2.75) is 20.4 Å². The molecule has 1 aliphatic heterocycles. The summed E-state index contributed by atoms with van der Waals surface area (Å²) in [4.78, 5) is 30.1. The van der Waals surface area contributed by atoms with Gasteiger partial charge in [-0.05, 0) is 18.7 Å². The lowest BCUT2D eigenvalue weighted by Gasteiger charge is -2.36. The number of piperazine rings is 1. The summed E-state index contributed by atoms with van der Waals surface area (Å²) in [5, 5.41) is 0.428. The third-order valence-electron chi connectivity index (χ3n) is 5.11. The number of hydrogen-bond donors (Lipinski definition) is 0. The predicted octanol–water partition coefficient (Wildman–Crippen LogP) is 2.25. The van der Waals surface area contributed by atoms with E-state index in [-0.39, 0.29) is 30.2 Å². The lowest BCUT2D eigenvalue weighted by molar-refractivity contribution is -0.146. The summed E-state index contributed by atoms with van der Waals surface area (Å²) in [5.74, 6) is -0.807. The Bertz CT molecular complexity index is 660. The number of benzene rings is 1. The molecular weight excluding hydrogens is 385 g/mol. The second-order valence-electron chi connectivity index (χ2n) is 7.11. The van der Waals surface area contributed by atoms with Crippen LogP contribution >= 0.6 is 11.6 Å². The number of likely N-dealkylation sites (N-methyl/N-ethyl adjacent to an activating group) is 1. The first kappa shape index (κ1) is 22.6. The van der Waals surface area contributed by atoms with Crippen molar-refractivity contribution < 1.29 is 18.7 Å². The number of methoxy groups -OCH3 is 1. The Labute approximate surface area is 171 Å². The van der Waals surface area contributed by atoms with Crippen LogP contribution in [0.2, 0.25) is 5.02 Å². The molecule has 6 nitrogen and oxygen atoms in total. The van der Waals surface area contributed by atoms with Gasteiger partial charge >= 0.3 is 5.97 Å². The number of hydrogen-bond acceptors (Lipinski definition) is 5. The maximum atomic E-state index is 14.0. The number of carbonyl (C=O) groups is 2. The lowest BCUT2D eigenvalue weighted by Crippen LogP contribution is -2.51. The van der Waals surface area contributed by atoms with Gasteiger partial charge in [-0.2, -0.15) is 0 Å². The Morgan fingerprint density at radius 3 is 2.54 bits per heavy atom. The number of esters is 1. The Morgan fingerprint density at radius 2 is 1.96 bits per heavy atom. The summed E-state index contributed by atoms with van der Waals surface area (Å²) < 4.78 is 18.7. The number of ether oxygens (including phenoxy) is 1. The van der Waals surface area contributed by atoms with E-state index in [1.165, 1.54) is 13.2 Å². The molecule has 1 aliphatic rings. The Kier molecular flexibility index (Phi) is 8.66. The third-order valence-corrected chi connectivity index (χ3v) is 5.46.